The van der Waals surface area contributed by atoms with Gasteiger partial charge in [0, 0.05) is 10.0 Å². The first-order chi connectivity index (χ1) is 7.63. The van der Waals surface area contributed by atoms with Gasteiger partial charge in [0.15, 0.2) is 5.78 Å². The summed E-state index contributed by atoms with van der Waals surface area (Å²) in [5, 5.41) is 0. The van der Waals surface area contributed by atoms with Crippen molar-refractivity contribution in [3.63, 3.8) is 0 Å². The van der Waals surface area contributed by atoms with Crippen molar-refractivity contribution >= 4 is 21.7 Å². The fraction of sp³-hybridized carbons (Fsp3) is 0.462. The molecule has 16 heavy (non-hydrogen) atoms. The lowest BCUT2D eigenvalue weighted by molar-refractivity contribution is 0.0490. The zero-order valence-corrected chi connectivity index (χ0v) is 11.3. The van der Waals surface area contributed by atoms with Crippen molar-refractivity contribution in [2.75, 3.05) is 6.61 Å². The van der Waals surface area contributed by atoms with Crippen LogP contribution in [-0.2, 0) is 4.74 Å². The Bertz CT molecular complexity index is 350. The highest BCUT2D eigenvalue weighted by Gasteiger charge is 2.08. The van der Waals surface area contributed by atoms with Crippen LogP contribution in [0, 0.1) is 0 Å². The SMILES string of the molecule is CCCC(C)OCC(=O)c1cccc(Br)c1. The Morgan fingerprint density at radius 1 is 1.50 bits per heavy atom. The minimum absolute atomic E-state index is 0.0317. The van der Waals surface area contributed by atoms with Crippen LogP contribution in [0.1, 0.15) is 37.0 Å². The third-order valence-corrected chi connectivity index (χ3v) is 2.83. The summed E-state index contributed by atoms with van der Waals surface area (Å²) < 4.78 is 6.39. The van der Waals surface area contributed by atoms with Gasteiger partial charge < -0.3 is 4.74 Å². The molecule has 0 aliphatic carbocycles. The summed E-state index contributed by atoms with van der Waals surface area (Å²) in [4.78, 5) is 11.8. The normalized spacial score (nSPS) is 12.4. The maximum Gasteiger partial charge on any atom is 0.188 e. The largest absolute Gasteiger partial charge is 0.370 e. The highest BCUT2D eigenvalue weighted by atomic mass is 79.9. The van der Waals surface area contributed by atoms with Crippen LogP contribution in [-0.4, -0.2) is 18.5 Å². The molecule has 88 valence electrons. The van der Waals surface area contributed by atoms with Crippen LogP contribution in [0.5, 0.6) is 0 Å². The first-order valence-electron chi connectivity index (χ1n) is 5.54. The average molecular weight is 285 g/mol. The third-order valence-electron chi connectivity index (χ3n) is 2.34. The van der Waals surface area contributed by atoms with Crippen LogP contribution in [0.4, 0.5) is 0 Å². The van der Waals surface area contributed by atoms with Crippen molar-refractivity contribution in [2.24, 2.45) is 0 Å². The van der Waals surface area contributed by atoms with Crippen LogP contribution in [0.3, 0.4) is 0 Å². The Hall–Kier alpha value is -0.670. The summed E-state index contributed by atoms with van der Waals surface area (Å²) in [6.45, 7) is 4.27. The molecule has 0 fully saturated rings. The number of carbonyl (C=O) groups is 1. The molecule has 0 saturated heterocycles. The number of ketones is 1. The number of carbonyl (C=O) groups excluding carboxylic acids is 1. The molecular weight excluding hydrogens is 268 g/mol. The Labute approximate surface area is 105 Å². The predicted molar refractivity (Wildman–Crippen MR) is 68.8 cm³/mol. The van der Waals surface area contributed by atoms with Crippen LogP contribution in [0.25, 0.3) is 0 Å². The molecule has 0 bridgehead atoms. The summed E-state index contributed by atoms with van der Waals surface area (Å²) in [6.07, 6.45) is 2.22. The van der Waals surface area contributed by atoms with Crippen molar-refractivity contribution in [1.82, 2.24) is 0 Å². The van der Waals surface area contributed by atoms with Crippen molar-refractivity contribution in [3.8, 4) is 0 Å². The molecule has 1 rings (SSSR count). The molecule has 0 N–H and O–H groups in total. The molecule has 0 saturated carbocycles. The highest BCUT2D eigenvalue weighted by molar-refractivity contribution is 9.10. The van der Waals surface area contributed by atoms with Crippen LogP contribution >= 0.6 is 15.9 Å². The van der Waals surface area contributed by atoms with Crippen LogP contribution in [0.15, 0.2) is 28.7 Å². The molecule has 0 radical (unpaired) electrons. The number of ether oxygens (including phenoxy) is 1. The first kappa shape index (κ1) is 13.4. The average Bonchev–Trinajstić information content (AvgIpc) is 2.26. The summed E-state index contributed by atoms with van der Waals surface area (Å²) in [5.41, 5.74) is 0.693. The molecule has 3 heteroatoms. The van der Waals surface area contributed by atoms with E-state index in [0.29, 0.717) is 5.56 Å². The van der Waals surface area contributed by atoms with E-state index in [0.717, 1.165) is 17.3 Å². The molecule has 0 aliphatic rings. The zero-order valence-electron chi connectivity index (χ0n) is 9.70. The number of Topliss-reactive ketones (excluding diaryl/α,β-unsaturated/α-hetero) is 1. The van der Waals surface area contributed by atoms with E-state index in [4.69, 9.17) is 4.74 Å². The fourth-order valence-electron chi connectivity index (χ4n) is 1.45. The van der Waals surface area contributed by atoms with E-state index in [1.165, 1.54) is 0 Å². The van der Waals surface area contributed by atoms with Gasteiger partial charge in [-0.2, -0.15) is 0 Å². The number of halogens is 1. The molecular formula is C13H17BrO2. The highest BCUT2D eigenvalue weighted by Crippen LogP contribution is 2.12. The lowest BCUT2D eigenvalue weighted by atomic mass is 10.1. The second-order valence-corrected chi connectivity index (χ2v) is 4.76. The fourth-order valence-corrected chi connectivity index (χ4v) is 1.85. The van der Waals surface area contributed by atoms with Crippen molar-refractivity contribution in [2.45, 2.75) is 32.8 Å². The monoisotopic (exact) mass is 284 g/mol. The molecule has 1 aromatic carbocycles. The maximum absolute atomic E-state index is 11.8. The van der Waals surface area contributed by atoms with E-state index in [9.17, 15) is 4.79 Å². The Morgan fingerprint density at radius 2 is 2.25 bits per heavy atom. The van der Waals surface area contributed by atoms with E-state index in [1.54, 1.807) is 6.07 Å². The standard InChI is InChI=1S/C13H17BrO2/c1-3-5-10(2)16-9-13(15)11-6-4-7-12(14)8-11/h4,6-8,10H,3,5,9H2,1-2H3. The number of hydrogen-bond donors (Lipinski definition) is 0. The molecule has 0 amide bonds. The second-order valence-electron chi connectivity index (χ2n) is 3.84. The second kappa shape index (κ2) is 6.81. The Morgan fingerprint density at radius 3 is 2.88 bits per heavy atom. The first-order valence-corrected chi connectivity index (χ1v) is 6.33. The van der Waals surface area contributed by atoms with Crippen LogP contribution < -0.4 is 0 Å². The van der Waals surface area contributed by atoms with E-state index in [-0.39, 0.29) is 18.5 Å². The molecule has 0 heterocycles. The van der Waals surface area contributed by atoms with Gasteiger partial charge in [0.1, 0.15) is 6.61 Å². The van der Waals surface area contributed by atoms with Gasteiger partial charge >= 0.3 is 0 Å². The quantitative estimate of drug-likeness (QED) is 0.742. The molecule has 1 atom stereocenters. The smallest absolute Gasteiger partial charge is 0.188 e. The Kier molecular flexibility index (Phi) is 5.71. The van der Waals surface area contributed by atoms with Gasteiger partial charge in [0.05, 0.1) is 6.10 Å². The van der Waals surface area contributed by atoms with Gasteiger partial charge in [-0.15, -0.1) is 0 Å². The van der Waals surface area contributed by atoms with Gasteiger partial charge in [0.25, 0.3) is 0 Å². The van der Waals surface area contributed by atoms with Gasteiger partial charge in [-0.05, 0) is 25.5 Å². The van der Waals surface area contributed by atoms with E-state index in [1.807, 2.05) is 25.1 Å². The van der Waals surface area contributed by atoms with Gasteiger partial charge in [-0.1, -0.05) is 41.4 Å². The predicted octanol–water partition coefficient (Wildman–Crippen LogP) is 3.84. The lowest BCUT2D eigenvalue weighted by Gasteiger charge is -2.11. The molecule has 0 aromatic heterocycles. The van der Waals surface area contributed by atoms with Crippen molar-refractivity contribution < 1.29 is 9.53 Å². The van der Waals surface area contributed by atoms with E-state index < -0.39 is 0 Å². The molecule has 1 unspecified atom stereocenters. The number of hydrogen-bond acceptors (Lipinski definition) is 2. The van der Waals surface area contributed by atoms with Gasteiger partial charge in [-0.25, -0.2) is 0 Å². The van der Waals surface area contributed by atoms with E-state index in [2.05, 4.69) is 22.9 Å². The Balaban J connectivity index is 2.47. The topological polar surface area (TPSA) is 26.3 Å². The molecule has 0 spiro atoms. The van der Waals surface area contributed by atoms with Gasteiger partial charge in [-0.3, -0.25) is 4.79 Å². The van der Waals surface area contributed by atoms with Gasteiger partial charge in [0.2, 0.25) is 0 Å². The molecule has 0 aliphatic heterocycles. The minimum atomic E-state index is 0.0317. The third kappa shape index (κ3) is 4.45. The number of benzene rings is 1. The van der Waals surface area contributed by atoms with Crippen LogP contribution in [0.2, 0.25) is 0 Å². The lowest BCUT2D eigenvalue weighted by Crippen LogP contribution is -2.15. The van der Waals surface area contributed by atoms with Crippen molar-refractivity contribution in [3.05, 3.63) is 34.3 Å². The minimum Gasteiger partial charge on any atom is -0.370 e. The van der Waals surface area contributed by atoms with E-state index >= 15 is 0 Å². The number of rotatable bonds is 6. The summed E-state index contributed by atoms with van der Waals surface area (Å²) in [6, 6.07) is 7.38. The summed E-state index contributed by atoms with van der Waals surface area (Å²) in [7, 11) is 0. The zero-order chi connectivity index (χ0) is 12.0. The van der Waals surface area contributed by atoms with Crippen molar-refractivity contribution in [1.29, 1.82) is 0 Å². The summed E-state index contributed by atoms with van der Waals surface area (Å²) >= 11 is 3.34. The molecule has 2 nitrogen and oxygen atoms in total. The molecule has 1 aromatic rings. The maximum atomic E-state index is 11.8. The summed E-state index contributed by atoms with van der Waals surface area (Å²) in [5.74, 6) is 0.0317.